The number of phenols is 1. The average molecular weight is 291 g/mol. The first-order valence-corrected chi connectivity index (χ1v) is 6.84. The molecule has 0 atom stereocenters. The van der Waals surface area contributed by atoms with Crippen molar-refractivity contribution in [3.05, 3.63) is 35.7 Å². The molecule has 1 aromatic carbocycles. The summed E-state index contributed by atoms with van der Waals surface area (Å²) >= 11 is 0. The normalized spacial score (nSPS) is 10.6. The van der Waals surface area contributed by atoms with Gasteiger partial charge in [-0.1, -0.05) is 0 Å². The Morgan fingerprint density at radius 1 is 1.19 bits per heavy atom. The van der Waals surface area contributed by atoms with E-state index >= 15 is 0 Å². The molecule has 2 N–H and O–H groups in total. The van der Waals surface area contributed by atoms with Crippen LogP contribution < -0.4 is 14.8 Å². The Morgan fingerprint density at radius 3 is 2.43 bits per heavy atom. The summed E-state index contributed by atoms with van der Waals surface area (Å²) in [6.07, 6.45) is 1.80. The van der Waals surface area contributed by atoms with Crippen LogP contribution in [0.2, 0.25) is 0 Å². The molecule has 0 aliphatic rings. The van der Waals surface area contributed by atoms with Gasteiger partial charge in [0.1, 0.15) is 0 Å². The molecule has 1 heterocycles. The van der Waals surface area contributed by atoms with E-state index in [0.717, 1.165) is 24.3 Å². The van der Waals surface area contributed by atoms with E-state index < -0.39 is 0 Å². The molecule has 21 heavy (non-hydrogen) atoms. The number of nitrogens with one attached hydrogen (secondary N) is 1. The van der Waals surface area contributed by atoms with E-state index in [-0.39, 0.29) is 5.75 Å². The Labute approximate surface area is 124 Å². The quantitative estimate of drug-likeness (QED) is 0.815. The second-order valence-corrected chi connectivity index (χ2v) is 4.59. The molecule has 1 aromatic heterocycles. The van der Waals surface area contributed by atoms with Gasteiger partial charge in [0.15, 0.2) is 11.5 Å². The third-order valence-corrected chi connectivity index (χ3v) is 3.28. The van der Waals surface area contributed by atoms with Crippen LogP contribution in [0.25, 0.3) is 0 Å². The van der Waals surface area contributed by atoms with Gasteiger partial charge in [-0.05, 0) is 30.7 Å². The first kappa shape index (κ1) is 15.2. The van der Waals surface area contributed by atoms with Gasteiger partial charge in [-0.3, -0.25) is 4.68 Å². The minimum absolute atomic E-state index is 0.0211. The summed E-state index contributed by atoms with van der Waals surface area (Å²) in [5.74, 6) is 0.835. The zero-order chi connectivity index (χ0) is 15.2. The Hall–Kier alpha value is -2.21. The molecule has 0 fully saturated rings. The van der Waals surface area contributed by atoms with Crippen molar-refractivity contribution in [1.29, 1.82) is 0 Å². The number of phenolic OH excluding ortho intramolecular Hbond substituents is 1. The Balaban J connectivity index is 2.03. The lowest BCUT2D eigenvalue weighted by Crippen LogP contribution is -2.16. The highest BCUT2D eigenvalue weighted by atomic mass is 16.5. The molecule has 114 valence electrons. The number of aryl methyl sites for hydroxylation is 1. The number of rotatable bonds is 7. The van der Waals surface area contributed by atoms with Crippen molar-refractivity contribution in [3.63, 3.8) is 0 Å². The largest absolute Gasteiger partial charge is 0.502 e. The molecule has 0 saturated heterocycles. The molecule has 2 aromatic rings. The van der Waals surface area contributed by atoms with E-state index in [1.807, 2.05) is 10.7 Å². The fraction of sp³-hybridized carbons (Fsp3) is 0.400. The molecule has 0 radical (unpaired) electrons. The number of ether oxygens (including phenoxy) is 2. The second-order valence-electron chi connectivity index (χ2n) is 4.59. The van der Waals surface area contributed by atoms with Gasteiger partial charge in [-0.25, -0.2) is 0 Å². The van der Waals surface area contributed by atoms with Gasteiger partial charge in [0, 0.05) is 25.8 Å². The summed E-state index contributed by atoms with van der Waals surface area (Å²) in [6, 6.07) is 5.58. The van der Waals surface area contributed by atoms with Crippen molar-refractivity contribution in [3.8, 4) is 17.2 Å². The van der Waals surface area contributed by atoms with E-state index in [1.54, 1.807) is 18.3 Å². The number of nitrogens with zero attached hydrogens (tertiary/aromatic N) is 2. The Bertz CT molecular complexity index is 571. The maximum Gasteiger partial charge on any atom is 0.200 e. The predicted molar refractivity (Wildman–Crippen MR) is 79.7 cm³/mol. The van der Waals surface area contributed by atoms with Crippen molar-refractivity contribution in [2.75, 3.05) is 14.2 Å². The lowest BCUT2D eigenvalue weighted by molar-refractivity contribution is 0.339. The number of methoxy groups -OCH3 is 2. The summed E-state index contributed by atoms with van der Waals surface area (Å²) in [6.45, 7) is 4.28. The summed E-state index contributed by atoms with van der Waals surface area (Å²) < 4.78 is 12.2. The number of aromatic nitrogens is 2. The minimum Gasteiger partial charge on any atom is -0.502 e. The zero-order valence-corrected chi connectivity index (χ0v) is 12.6. The van der Waals surface area contributed by atoms with Crippen LogP contribution in [0.15, 0.2) is 24.4 Å². The van der Waals surface area contributed by atoms with E-state index in [4.69, 9.17) is 9.47 Å². The van der Waals surface area contributed by atoms with Crippen molar-refractivity contribution in [1.82, 2.24) is 15.1 Å². The topological polar surface area (TPSA) is 68.5 Å². The molecule has 0 amide bonds. The third kappa shape index (κ3) is 3.46. The summed E-state index contributed by atoms with van der Waals surface area (Å²) in [4.78, 5) is 0. The highest BCUT2D eigenvalue weighted by Crippen LogP contribution is 2.36. The van der Waals surface area contributed by atoms with Gasteiger partial charge in [0.05, 0.1) is 19.9 Å². The number of benzene rings is 1. The number of hydrogen-bond acceptors (Lipinski definition) is 5. The monoisotopic (exact) mass is 291 g/mol. The smallest absolute Gasteiger partial charge is 0.200 e. The van der Waals surface area contributed by atoms with Gasteiger partial charge in [-0.15, -0.1) is 0 Å². The van der Waals surface area contributed by atoms with Crippen molar-refractivity contribution >= 4 is 0 Å². The molecule has 0 bridgehead atoms. The highest BCUT2D eigenvalue weighted by Gasteiger charge is 2.11. The molecular formula is C15H21N3O3. The lowest BCUT2D eigenvalue weighted by atomic mass is 10.2. The van der Waals surface area contributed by atoms with Crippen LogP contribution >= 0.6 is 0 Å². The van der Waals surface area contributed by atoms with Crippen LogP contribution in [-0.2, 0) is 19.6 Å². The molecule has 0 aliphatic heterocycles. The fourth-order valence-electron chi connectivity index (χ4n) is 2.18. The van der Waals surface area contributed by atoms with E-state index in [0.29, 0.717) is 18.0 Å². The first-order chi connectivity index (χ1) is 10.2. The number of aromatic hydroxyl groups is 1. The molecule has 0 saturated carbocycles. The molecule has 6 nitrogen and oxygen atoms in total. The Morgan fingerprint density at radius 2 is 1.86 bits per heavy atom. The molecule has 6 heteroatoms. The molecule has 0 unspecified atom stereocenters. The SMILES string of the molecule is CCn1nccc1CNCc1cc(OC)c(O)c(OC)c1. The maximum absolute atomic E-state index is 9.88. The standard InChI is InChI=1S/C15H21N3O3/c1-4-18-12(5-6-17-18)10-16-9-11-7-13(20-2)15(19)14(8-11)21-3/h5-8,16,19H,4,9-10H2,1-3H3. The predicted octanol–water partition coefficient (Wildman–Crippen LogP) is 1.92. The highest BCUT2D eigenvalue weighted by molar-refractivity contribution is 5.52. The minimum atomic E-state index is 0.0211. The molecule has 0 spiro atoms. The van der Waals surface area contributed by atoms with Gasteiger partial charge >= 0.3 is 0 Å². The summed E-state index contributed by atoms with van der Waals surface area (Å²) in [5.41, 5.74) is 2.11. The third-order valence-electron chi connectivity index (χ3n) is 3.28. The van der Waals surface area contributed by atoms with Crippen LogP contribution in [0.1, 0.15) is 18.2 Å². The van der Waals surface area contributed by atoms with Gasteiger partial charge in [-0.2, -0.15) is 5.10 Å². The van der Waals surface area contributed by atoms with Gasteiger partial charge < -0.3 is 19.9 Å². The van der Waals surface area contributed by atoms with Crippen LogP contribution in [-0.4, -0.2) is 29.1 Å². The second kappa shape index (κ2) is 6.99. The average Bonchev–Trinajstić information content (AvgIpc) is 2.96. The van der Waals surface area contributed by atoms with E-state index in [2.05, 4.69) is 17.3 Å². The van der Waals surface area contributed by atoms with E-state index in [1.165, 1.54) is 14.2 Å². The molecular weight excluding hydrogens is 270 g/mol. The first-order valence-electron chi connectivity index (χ1n) is 6.84. The van der Waals surface area contributed by atoms with E-state index in [9.17, 15) is 5.11 Å². The van der Waals surface area contributed by atoms with Gasteiger partial charge in [0.25, 0.3) is 0 Å². The lowest BCUT2D eigenvalue weighted by Gasteiger charge is -2.12. The Kier molecular flexibility index (Phi) is 5.05. The zero-order valence-electron chi connectivity index (χ0n) is 12.6. The van der Waals surface area contributed by atoms with Crippen molar-refractivity contribution < 1.29 is 14.6 Å². The summed E-state index contributed by atoms with van der Waals surface area (Å²) in [5, 5.41) is 17.5. The van der Waals surface area contributed by atoms with Crippen LogP contribution in [0.3, 0.4) is 0 Å². The fourth-order valence-corrected chi connectivity index (χ4v) is 2.18. The molecule has 0 aliphatic carbocycles. The van der Waals surface area contributed by atoms with Crippen molar-refractivity contribution in [2.45, 2.75) is 26.6 Å². The summed E-state index contributed by atoms with van der Waals surface area (Å²) in [7, 11) is 3.04. The maximum atomic E-state index is 9.88. The molecule has 2 rings (SSSR count). The van der Waals surface area contributed by atoms with Crippen LogP contribution in [0, 0.1) is 0 Å². The number of hydrogen-bond donors (Lipinski definition) is 2. The van der Waals surface area contributed by atoms with Crippen LogP contribution in [0.4, 0.5) is 0 Å². The van der Waals surface area contributed by atoms with Crippen molar-refractivity contribution in [2.24, 2.45) is 0 Å². The van der Waals surface area contributed by atoms with Gasteiger partial charge in [0.2, 0.25) is 5.75 Å². The van der Waals surface area contributed by atoms with Crippen LogP contribution in [0.5, 0.6) is 17.2 Å².